The highest BCUT2D eigenvalue weighted by atomic mass is 15.2. The van der Waals surface area contributed by atoms with E-state index in [1.54, 1.807) is 0 Å². The molecule has 0 amide bonds. The fraction of sp³-hybridized carbons (Fsp3) is 0.667. The van der Waals surface area contributed by atoms with Crippen LogP contribution in [0.2, 0.25) is 0 Å². The number of aryl methyl sites for hydroxylation is 1. The van der Waals surface area contributed by atoms with Crippen LogP contribution < -0.4 is 10.2 Å². The van der Waals surface area contributed by atoms with E-state index >= 15 is 0 Å². The summed E-state index contributed by atoms with van der Waals surface area (Å²) in [4.78, 5) is 7.10. The van der Waals surface area contributed by atoms with E-state index in [-0.39, 0.29) is 0 Å². The molecule has 0 aliphatic heterocycles. The number of hydrogen-bond donors (Lipinski definition) is 1. The largest absolute Gasteiger partial charge is 0.357 e. The first-order valence-corrected chi connectivity index (χ1v) is 7.17. The number of hydrogen-bond acceptors (Lipinski definition) is 3. The minimum Gasteiger partial charge on any atom is -0.357 e. The molecule has 2 fully saturated rings. The Balaban J connectivity index is 1.66. The lowest BCUT2D eigenvalue weighted by Gasteiger charge is -2.35. The fourth-order valence-electron chi connectivity index (χ4n) is 2.46. The van der Waals surface area contributed by atoms with Gasteiger partial charge in [-0.05, 0) is 50.7 Å². The van der Waals surface area contributed by atoms with Crippen LogP contribution in [0.5, 0.6) is 0 Å². The molecule has 0 unspecified atom stereocenters. The summed E-state index contributed by atoms with van der Waals surface area (Å²) in [5, 5.41) is 3.55. The normalized spacial score (nSPS) is 19.7. The van der Waals surface area contributed by atoms with Crippen LogP contribution in [0.3, 0.4) is 0 Å². The molecule has 3 heteroatoms. The number of nitrogens with one attached hydrogen (secondary N) is 1. The van der Waals surface area contributed by atoms with Gasteiger partial charge in [-0.25, -0.2) is 4.98 Å². The predicted molar refractivity (Wildman–Crippen MR) is 74.9 cm³/mol. The summed E-state index contributed by atoms with van der Waals surface area (Å²) in [5.74, 6) is 1.13. The Hall–Kier alpha value is -1.09. The van der Waals surface area contributed by atoms with Gasteiger partial charge in [-0.3, -0.25) is 0 Å². The molecule has 0 radical (unpaired) electrons. The standard InChI is InChI=1S/C15H23N3/c1-11-12(10-16-13-7-8-13)6-9-15(17-11)18(2)14-4-3-5-14/h6,9,13-14,16H,3-5,7-8,10H2,1-2H3. The summed E-state index contributed by atoms with van der Waals surface area (Å²) >= 11 is 0. The number of pyridine rings is 1. The van der Waals surface area contributed by atoms with Crippen molar-refractivity contribution in [2.75, 3.05) is 11.9 Å². The van der Waals surface area contributed by atoms with Gasteiger partial charge in [-0.1, -0.05) is 6.07 Å². The molecule has 0 spiro atoms. The molecule has 0 bridgehead atoms. The van der Waals surface area contributed by atoms with E-state index in [1.807, 2.05) is 0 Å². The highest BCUT2D eigenvalue weighted by Crippen LogP contribution is 2.27. The zero-order valence-corrected chi connectivity index (χ0v) is 11.4. The first kappa shape index (κ1) is 12.0. The number of nitrogens with zero attached hydrogens (tertiary/aromatic N) is 2. The van der Waals surface area contributed by atoms with Gasteiger partial charge >= 0.3 is 0 Å². The summed E-state index contributed by atoms with van der Waals surface area (Å²) in [6, 6.07) is 5.89. The van der Waals surface area contributed by atoms with Gasteiger partial charge in [0.25, 0.3) is 0 Å². The van der Waals surface area contributed by atoms with Gasteiger partial charge in [0.15, 0.2) is 0 Å². The van der Waals surface area contributed by atoms with Gasteiger partial charge in [0.2, 0.25) is 0 Å². The Morgan fingerprint density at radius 2 is 2.06 bits per heavy atom. The summed E-state index contributed by atoms with van der Waals surface area (Å²) in [7, 11) is 2.17. The van der Waals surface area contributed by atoms with Crippen molar-refractivity contribution < 1.29 is 0 Å². The Labute approximate surface area is 110 Å². The molecular weight excluding hydrogens is 222 g/mol. The average Bonchev–Trinajstić information content (AvgIpc) is 3.08. The molecule has 1 aromatic heterocycles. The molecule has 2 aliphatic carbocycles. The van der Waals surface area contributed by atoms with Crippen molar-refractivity contribution in [2.45, 2.75) is 57.7 Å². The summed E-state index contributed by atoms with van der Waals surface area (Å²) in [6.07, 6.45) is 6.70. The van der Waals surface area contributed by atoms with Crippen molar-refractivity contribution >= 4 is 5.82 Å². The molecule has 1 aromatic rings. The quantitative estimate of drug-likeness (QED) is 0.864. The average molecular weight is 245 g/mol. The van der Waals surface area contributed by atoms with Crippen LogP contribution in [0.4, 0.5) is 5.82 Å². The van der Waals surface area contributed by atoms with Gasteiger partial charge in [-0.15, -0.1) is 0 Å². The van der Waals surface area contributed by atoms with E-state index in [0.29, 0.717) is 6.04 Å². The van der Waals surface area contributed by atoms with Gasteiger partial charge in [0.1, 0.15) is 5.82 Å². The maximum absolute atomic E-state index is 4.76. The molecular formula is C15H23N3. The molecule has 2 aliphatic rings. The van der Waals surface area contributed by atoms with E-state index in [9.17, 15) is 0 Å². The third-order valence-corrected chi connectivity index (χ3v) is 4.32. The van der Waals surface area contributed by atoms with Gasteiger partial charge < -0.3 is 10.2 Å². The van der Waals surface area contributed by atoms with Crippen LogP contribution in [-0.2, 0) is 6.54 Å². The van der Waals surface area contributed by atoms with E-state index < -0.39 is 0 Å². The Morgan fingerprint density at radius 3 is 2.61 bits per heavy atom. The lowest BCUT2D eigenvalue weighted by molar-refractivity contribution is 0.399. The first-order valence-electron chi connectivity index (χ1n) is 7.17. The maximum atomic E-state index is 4.76. The molecule has 1 heterocycles. The fourth-order valence-corrected chi connectivity index (χ4v) is 2.46. The van der Waals surface area contributed by atoms with Crippen LogP contribution in [0.15, 0.2) is 12.1 Å². The highest BCUT2D eigenvalue weighted by Gasteiger charge is 2.23. The number of rotatable bonds is 5. The summed E-state index contributed by atoms with van der Waals surface area (Å²) in [6.45, 7) is 3.10. The smallest absolute Gasteiger partial charge is 0.128 e. The van der Waals surface area contributed by atoms with Gasteiger partial charge in [-0.2, -0.15) is 0 Å². The number of anilines is 1. The summed E-state index contributed by atoms with van der Waals surface area (Å²) < 4.78 is 0. The van der Waals surface area contributed by atoms with E-state index in [0.717, 1.165) is 18.4 Å². The second-order valence-corrected chi connectivity index (χ2v) is 5.76. The van der Waals surface area contributed by atoms with E-state index in [1.165, 1.54) is 43.4 Å². The van der Waals surface area contributed by atoms with E-state index in [4.69, 9.17) is 4.98 Å². The summed E-state index contributed by atoms with van der Waals surface area (Å²) in [5.41, 5.74) is 2.51. The molecule has 3 rings (SSSR count). The molecule has 3 nitrogen and oxygen atoms in total. The van der Waals surface area contributed by atoms with Gasteiger partial charge in [0.05, 0.1) is 0 Å². The molecule has 18 heavy (non-hydrogen) atoms. The second-order valence-electron chi connectivity index (χ2n) is 5.76. The van der Waals surface area contributed by atoms with Crippen molar-refractivity contribution in [2.24, 2.45) is 0 Å². The minimum atomic E-state index is 0.715. The molecule has 0 saturated heterocycles. The Bertz CT molecular complexity index is 422. The minimum absolute atomic E-state index is 0.715. The second kappa shape index (κ2) is 4.88. The maximum Gasteiger partial charge on any atom is 0.128 e. The Morgan fingerprint density at radius 1 is 1.28 bits per heavy atom. The van der Waals surface area contributed by atoms with Crippen molar-refractivity contribution in [3.63, 3.8) is 0 Å². The van der Waals surface area contributed by atoms with Crippen LogP contribution in [-0.4, -0.2) is 24.1 Å². The van der Waals surface area contributed by atoms with Crippen LogP contribution in [0.1, 0.15) is 43.4 Å². The molecule has 0 aromatic carbocycles. The topological polar surface area (TPSA) is 28.2 Å². The van der Waals surface area contributed by atoms with Crippen LogP contribution >= 0.6 is 0 Å². The molecule has 0 atom stereocenters. The van der Waals surface area contributed by atoms with Crippen molar-refractivity contribution in [3.05, 3.63) is 23.4 Å². The lowest BCUT2D eigenvalue weighted by atomic mass is 9.92. The van der Waals surface area contributed by atoms with Crippen LogP contribution in [0, 0.1) is 6.92 Å². The van der Waals surface area contributed by atoms with Crippen molar-refractivity contribution in [1.29, 1.82) is 0 Å². The molecule has 1 N–H and O–H groups in total. The zero-order valence-electron chi connectivity index (χ0n) is 11.4. The number of aromatic nitrogens is 1. The Kier molecular flexibility index (Phi) is 3.25. The third kappa shape index (κ3) is 2.51. The third-order valence-electron chi connectivity index (χ3n) is 4.32. The highest BCUT2D eigenvalue weighted by molar-refractivity contribution is 5.42. The first-order chi connectivity index (χ1) is 8.74. The molecule has 2 saturated carbocycles. The predicted octanol–water partition coefficient (Wildman–Crippen LogP) is 2.63. The van der Waals surface area contributed by atoms with Crippen molar-refractivity contribution in [1.82, 2.24) is 10.3 Å². The van der Waals surface area contributed by atoms with Crippen molar-refractivity contribution in [3.8, 4) is 0 Å². The SMILES string of the molecule is Cc1nc(N(C)C2CCC2)ccc1CNC1CC1. The van der Waals surface area contributed by atoms with E-state index in [2.05, 4.69) is 36.3 Å². The monoisotopic (exact) mass is 245 g/mol. The van der Waals surface area contributed by atoms with Gasteiger partial charge in [0, 0.05) is 31.4 Å². The zero-order chi connectivity index (χ0) is 12.5. The van der Waals surface area contributed by atoms with Crippen LogP contribution in [0.25, 0.3) is 0 Å². The molecule has 98 valence electrons. The lowest BCUT2D eigenvalue weighted by Crippen LogP contribution is -2.37.